The number of aromatic nitrogens is 2. The van der Waals surface area contributed by atoms with Crippen LogP contribution in [0.5, 0.6) is 0 Å². The SMILES string of the molecule is Cc1ncc(I)c(=O)n1Cc1cccc(F)c1Cl. The summed E-state index contributed by atoms with van der Waals surface area (Å²) >= 11 is 7.80. The van der Waals surface area contributed by atoms with Gasteiger partial charge in [-0.25, -0.2) is 9.37 Å². The first kappa shape index (κ1) is 13.5. The van der Waals surface area contributed by atoms with Gasteiger partial charge in [-0.05, 0) is 41.1 Å². The Kier molecular flexibility index (Phi) is 4.01. The maximum absolute atomic E-state index is 13.3. The van der Waals surface area contributed by atoms with Crippen LogP contribution in [0.1, 0.15) is 11.4 Å². The van der Waals surface area contributed by atoms with Crippen molar-refractivity contribution >= 4 is 34.2 Å². The van der Waals surface area contributed by atoms with Crippen molar-refractivity contribution < 1.29 is 4.39 Å². The van der Waals surface area contributed by atoms with Crippen LogP contribution < -0.4 is 5.56 Å². The summed E-state index contributed by atoms with van der Waals surface area (Å²) in [5.74, 6) is 0.0826. The summed E-state index contributed by atoms with van der Waals surface area (Å²) in [5.41, 5.74) is 0.411. The van der Waals surface area contributed by atoms with E-state index in [1.807, 2.05) is 22.6 Å². The van der Waals surface area contributed by atoms with E-state index in [9.17, 15) is 9.18 Å². The molecule has 1 aromatic heterocycles. The van der Waals surface area contributed by atoms with Crippen LogP contribution in [0.2, 0.25) is 5.02 Å². The second kappa shape index (κ2) is 5.36. The first-order valence-electron chi connectivity index (χ1n) is 5.15. The van der Waals surface area contributed by atoms with Gasteiger partial charge in [-0.15, -0.1) is 0 Å². The van der Waals surface area contributed by atoms with Crippen molar-refractivity contribution in [1.82, 2.24) is 9.55 Å². The first-order valence-corrected chi connectivity index (χ1v) is 6.61. The van der Waals surface area contributed by atoms with E-state index in [0.29, 0.717) is 15.0 Å². The van der Waals surface area contributed by atoms with E-state index < -0.39 is 5.82 Å². The molecule has 0 unspecified atom stereocenters. The highest BCUT2D eigenvalue weighted by atomic mass is 127. The third-order valence-corrected chi connectivity index (χ3v) is 3.73. The van der Waals surface area contributed by atoms with Gasteiger partial charge in [-0.1, -0.05) is 23.7 Å². The summed E-state index contributed by atoms with van der Waals surface area (Å²) < 4.78 is 15.3. The fraction of sp³-hybridized carbons (Fsp3) is 0.167. The smallest absolute Gasteiger partial charge is 0.267 e. The molecule has 2 rings (SSSR count). The molecule has 0 saturated carbocycles. The van der Waals surface area contributed by atoms with Gasteiger partial charge in [0.05, 0.1) is 15.1 Å². The van der Waals surface area contributed by atoms with Crippen molar-refractivity contribution in [2.45, 2.75) is 13.5 Å². The average Bonchev–Trinajstić information content (AvgIpc) is 2.35. The van der Waals surface area contributed by atoms with Crippen LogP contribution >= 0.6 is 34.2 Å². The van der Waals surface area contributed by atoms with Gasteiger partial charge in [0.15, 0.2) is 0 Å². The van der Waals surface area contributed by atoms with E-state index in [-0.39, 0.29) is 17.1 Å². The Labute approximate surface area is 122 Å². The molecule has 3 nitrogen and oxygen atoms in total. The van der Waals surface area contributed by atoms with Gasteiger partial charge in [0.2, 0.25) is 0 Å². The molecule has 1 aromatic carbocycles. The summed E-state index contributed by atoms with van der Waals surface area (Å²) in [6.45, 7) is 1.94. The highest BCUT2D eigenvalue weighted by molar-refractivity contribution is 14.1. The zero-order chi connectivity index (χ0) is 13.3. The number of nitrogens with zero attached hydrogens (tertiary/aromatic N) is 2. The largest absolute Gasteiger partial charge is 0.291 e. The van der Waals surface area contributed by atoms with Gasteiger partial charge in [-0.2, -0.15) is 0 Å². The quantitative estimate of drug-likeness (QED) is 0.753. The number of halogens is 3. The van der Waals surface area contributed by atoms with Gasteiger partial charge >= 0.3 is 0 Å². The summed E-state index contributed by atoms with van der Waals surface area (Å²) in [7, 11) is 0. The number of aryl methyl sites for hydroxylation is 1. The molecule has 94 valence electrons. The van der Waals surface area contributed by atoms with E-state index in [0.717, 1.165) is 0 Å². The van der Waals surface area contributed by atoms with Crippen LogP contribution in [-0.4, -0.2) is 9.55 Å². The standard InChI is InChI=1S/C12H9ClFIN2O/c1-7-16-5-10(15)12(18)17(7)6-8-3-2-4-9(14)11(8)13/h2-5H,6H2,1H3. The van der Waals surface area contributed by atoms with E-state index in [1.165, 1.54) is 16.8 Å². The summed E-state index contributed by atoms with van der Waals surface area (Å²) in [6, 6.07) is 4.55. The van der Waals surface area contributed by atoms with Crippen molar-refractivity contribution in [3.8, 4) is 0 Å². The maximum Gasteiger partial charge on any atom is 0.267 e. The Morgan fingerprint density at radius 1 is 1.50 bits per heavy atom. The van der Waals surface area contributed by atoms with Crippen LogP contribution in [0.25, 0.3) is 0 Å². The van der Waals surface area contributed by atoms with Crippen molar-refractivity contribution in [2.24, 2.45) is 0 Å². The van der Waals surface area contributed by atoms with E-state index in [2.05, 4.69) is 4.98 Å². The molecule has 0 saturated heterocycles. The van der Waals surface area contributed by atoms with Gasteiger partial charge in [0.25, 0.3) is 5.56 Å². The first-order chi connectivity index (χ1) is 8.50. The zero-order valence-electron chi connectivity index (χ0n) is 9.45. The third-order valence-electron chi connectivity index (χ3n) is 2.56. The predicted octanol–water partition coefficient (Wildman–Crippen LogP) is 3.00. The van der Waals surface area contributed by atoms with Gasteiger partial charge in [0, 0.05) is 6.20 Å². The molecular formula is C12H9ClFIN2O. The topological polar surface area (TPSA) is 34.9 Å². The molecule has 0 spiro atoms. The summed E-state index contributed by atoms with van der Waals surface area (Å²) in [5, 5.41) is 0.0441. The molecule has 0 fully saturated rings. The Balaban J connectivity index is 2.50. The molecule has 6 heteroatoms. The Morgan fingerprint density at radius 3 is 2.94 bits per heavy atom. The third kappa shape index (κ3) is 2.56. The predicted molar refractivity (Wildman–Crippen MR) is 76.5 cm³/mol. The van der Waals surface area contributed by atoms with Crippen LogP contribution in [0.3, 0.4) is 0 Å². The van der Waals surface area contributed by atoms with Crippen LogP contribution in [0, 0.1) is 16.3 Å². The molecular weight excluding hydrogens is 370 g/mol. The minimum atomic E-state index is -0.488. The maximum atomic E-state index is 13.3. The minimum absolute atomic E-state index is 0.0441. The molecule has 0 aliphatic rings. The fourth-order valence-electron chi connectivity index (χ4n) is 1.58. The van der Waals surface area contributed by atoms with Gasteiger partial charge in [-0.3, -0.25) is 9.36 Å². The lowest BCUT2D eigenvalue weighted by Crippen LogP contribution is -2.26. The van der Waals surface area contributed by atoms with Crippen LogP contribution in [-0.2, 0) is 6.54 Å². The molecule has 18 heavy (non-hydrogen) atoms. The normalized spacial score (nSPS) is 10.7. The molecule has 0 amide bonds. The molecule has 0 N–H and O–H groups in total. The van der Waals surface area contributed by atoms with Crippen molar-refractivity contribution in [2.75, 3.05) is 0 Å². The van der Waals surface area contributed by atoms with Crippen LogP contribution in [0.15, 0.2) is 29.2 Å². The number of benzene rings is 1. The second-order valence-electron chi connectivity index (χ2n) is 3.76. The Morgan fingerprint density at radius 2 is 2.22 bits per heavy atom. The lowest BCUT2D eigenvalue weighted by molar-refractivity contribution is 0.621. The lowest BCUT2D eigenvalue weighted by Gasteiger charge is -2.10. The van der Waals surface area contributed by atoms with Crippen LogP contribution in [0.4, 0.5) is 4.39 Å². The van der Waals surface area contributed by atoms with E-state index >= 15 is 0 Å². The second-order valence-corrected chi connectivity index (χ2v) is 5.30. The van der Waals surface area contributed by atoms with Crippen molar-refractivity contribution in [3.63, 3.8) is 0 Å². The summed E-state index contributed by atoms with van der Waals surface area (Å²) in [4.78, 5) is 16.1. The van der Waals surface area contributed by atoms with Crippen molar-refractivity contribution in [3.05, 3.63) is 60.5 Å². The van der Waals surface area contributed by atoms with E-state index in [1.54, 1.807) is 19.1 Å². The number of hydrogen-bond acceptors (Lipinski definition) is 2. The molecule has 0 radical (unpaired) electrons. The molecule has 0 bridgehead atoms. The Bertz CT molecular complexity index is 657. The highest BCUT2D eigenvalue weighted by Crippen LogP contribution is 2.20. The Hall–Kier alpha value is -0.950. The number of hydrogen-bond donors (Lipinski definition) is 0. The van der Waals surface area contributed by atoms with Gasteiger partial charge < -0.3 is 0 Å². The van der Waals surface area contributed by atoms with E-state index in [4.69, 9.17) is 11.6 Å². The zero-order valence-corrected chi connectivity index (χ0v) is 12.4. The average molecular weight is 379 g/mol. The highest BCUT2D eigenvalue weighted by Gasteiger charge is 2.10. The molecule has 0 aliphatic heterocycles. The molecule has 0 aliphatic carbocycles. The molecule has 0 atom stereocenters. The number of rotatable bonds is 2. The fourth-order valence-corrected chi connectivity index (χ4v) is 2.19. The lowest BCUT2D eigenvalue weighted by atomic mass is 10.2. The van der Waals surface area contributed by atoms with Gasteiger partial charge in [0.1, 0.15) is 11.6 Å². The summed E-state index contributed by atoms with van der Waals surface area (Å²) in [6.07, 6.45) is 1.52. The minimum Gasteiger partial charge on any atom is -0.291 e. The monoisotopic (exact) mass is 378 g/mol. The van der Waals surface area contributed by atoms with Crippen molar-refractivity contribution in [1.29, 1.82) is 0 Å². The molecule has 2 aromatic rings. The molecule has 1 heterocycles.